The zero-order chi connectivity index (χ0) is 17.5. The minimum Gasteiger partial charge on any atom is -0.467 e. The summed E-state index contributed by atoms with van der Waals surface area (Å²) in [6.07, 6.45) is 1.61. The molecule has 0 unspecified atom stereocenters. The van der Waals surface area contributed by atoms with Crippen LogP contribution in [0.1, 0.15) is 19.6 Å². The van der Waals surface area contributed by atoms with E-state index in [9.17, 15) is 9.59 Å². The van der Waals surface area contributed by atoms with Crippen LogP contribution in [-0.4, -0.2) is 78.9 Å². The average molecular weight is 336 g/mol. The lowest BCUT2D eigenvalue weighted by Gasteiger charge is -2.34. The molecule has 2 rings (SSSR count). The smallest absolute Gasteiger partial charge is 0.236 e. The second kappa shape index (κ2) is 8.84. The van der Waals surface area contributed by atoms with Crippen molar-refractivity contribution in [2.24, 2.45) is 0 Å². The van der Waals surface area contributed by atoms with Gasteiger partial charge in [0.15, 0.2) is 0 Å². The molecule has 1 aliphatic heterocycles. The number of carbonyl (C=O) groups is 2. The maximum Gasteiger partial charge on any atom is 0.236 e. The Bertz CT molecular complexity index is 522. The Labute approximate surface area is 143 Å². The maximum atomic E-state index is 12.3. The molecule has 0 bridgehead atoms. The fourth-order valence-corrected chi connectivity index (χ4v) is 2.71. The summed E-state index contributed by atoms with van der Waals surface area (Å²) in [6.45, 7) is 8.45. The number of nitrogens with zero attached hydrogens (tertiary/aromatic N) is 3. The van der Waals surface area contributed by atoms with E-state index in [2.05, 4.69) is 15.1 Å². The van der Waals surface area contributed by atoms with E-state index in [1.807, 2.05) is 26.0 Å². The maximum absolute atomic E-state index is 12.3. The molecular formula is C17H28N4O3. The van der Waals surface area contributed by atoms with E-state index in [0.29, 0.717) is 19.6 Å². The number of hydrogen-bond donors (Lipinski definition) is 1. The highest BCUT2D eigenvalue weighted by Gasteiger charge is 2.22. The Morgan fingerprint density at radius 1 is 1.21 bits per heavy atom. The molecule has 0 atom stereocenters. The predicted octanol–water partition coefficient (Wildman–Crippen LogP) is 0.380. The Balaban J connectivity index is 1.68. The third kappa shape index (κ3) is 5.98. The van der Waals surface area contributed by atoms with Gasteiger partial charge in [0.1, 0.15) is 5.76 Å². The molecule has 1 aromatic rings. The molecule has 7 heteroatoms. The Morgan fingerprint density at radius 3 is 2.38 bits per heavy atom. The van der Waals surface area contributed by atoms with Gasteiger partial charge in [-0.1, -0.05) is 0 Å². The highest BCUT2D eigenvalue weighted by molar-refractivity contribution is 5.78. The Hall–Kier alpha value is -1.86. The van der Waals surface area contributed by atoms with Gasteiger partial charge in [-0.15, -0.1) is 0 Å². The zero-order valence-electron chi connectivity index (χ0n) is 14.8. The summed E-state index contributed by atoms with van der Waals surface area (Å²) >= 11 is 0. The van der Waals surface area contributed by atoms with Crippen molar-refractivity contribution in [2.75, 3.05) is 46.3 Å². The Kier molecular flexibility index (Phi) is 6.81. The summed E-state index contributed by atoms with van der Waals surface area (Å²) in [7, 11) is 1.79. The van der Waals surface area contributed by atoms with Crippen molar-refractivity contribution in [3.63, 3.8) is 0 Å². The van der Waals surface area contributed by atoms with Crippen LogP contribution in [0.25, 0.3) is 0 Å². The van der Waals surface area contributed by atoms with Crippen molar-refractivity contribution in [1.29, 1.82) is 0 Å². The highest BCUT2D eigenvalue weighted by Crippen LogP contribution is 2.06. The average Bonchev–Trinajstić information content (AvgIpc) is 3.01. The van der Waals surface area contributed by atoms with Crippen molar-refractivity contribution in [1.82, 2.24) is 20.0 Å². The van der Waals surface area contributed by atoms with Gasteiger partial charge in [-0.2, -0.15) is 0 Å². The third-order valence-electron chi connectivity index (χ3n) is 4.04. The van der Waals surface area contributed by atoms with Crippen LogP contribution in [-0.2, 0) is 16.1 Å². The van der Waals surface area contributed by atoms with E-state index in [4.69, 9.17) is 4.42 Å². The van der Waals surface area contributed by atoms with Crippen LogP contribution >= 0.6 is 0 Å². The molecule has 1 aliphatic rings. The van der Waals surface area contributed by atoms with Crippen LogP contribution in [0.2, 0.25) is 0 Å². The molecule has 7 nitrogen and oxygen atoms in total. The van der Waals surface area contributed by atoms with Crippen LogP contribution in [0.3, 0.4) is 0 Å². The number of hydrogen-bond acceptors (Lipinski definition) is 5. The second-order valence-corrected chi connectivity index (χ2v) is 6.60. The summed E-state index contributed by atoms with van der Waals surface area (Å²) in [4.78, 5) is 30.0. The van der Waals surface area contributed by atoms with E-state index in [0.717, 1.165) is 31.9 Å². The quantitative estimate of drug-likeness (QED) is 0.780. The van der Waals surface area contributed by atoms with E-state index in [1.54, 1.807) is 18.2 Å². The van der Waals surface area contributed by atoms with Gasteiger partial charge >= 0.3 is 0 Å². The number of piperazine rings is 1. The van der Waals surface area contributed by atoms with Gasteiger partial charge in [0.2, 0.25) is 11.8 Å². The van der Waals surface area contributed by atoms with Gasteiger partial charge in [0, 0.05) is 39.3 Å². The summed E-state index contributed by atoms with van der Waals surface area (Å²) in [5.41, 5.74) is 0. The summed E-state index contributed by atoms with van der Waals surface area (Å²) in [6, 6.07) is 3.86. The molecule has 2 heterocycles. The number of nitrogens with one attached hydrogen (secondary N) is 1. The number of amides is 2. The van der Waals surface area contributed by atoms with E-state index < -0.39 is 0 Å². The first kappa shape index (κ1) is 18.5. The fraction of sp³-hybridized carbons (Fsp3) is 0.647. The van der Waals surface area contributed by atoms with Crippen LogP contribution in [0, 0.1) is 0 Å². The molecule has 1 N–H and O–H groups in total. The van der Waals surface area contributed by atoms with E-state index in [-0.39, 0.29) is 17.9 Å². The molecule has 1 saturated heterocycles. The molecule has 0 radical (unpaired) electrons. The lowest BCUT2D eigenvalue weighted by molar-refractivity contribution is -0.132. The first-order valence-corrected chi connectivity index (χ1v) is 8.44. The molecular weight excluding hydrogens is 308 g/mol. The largest absolute Gasteiger partial charge is 0.467 e. The van der Waals surface area contributed by atoms with Gasteiger partial charge in [0.05, 0.1) is 25.9 Å². The molecule has 2 amide bonds. The van der Waals surface area contributed by atoms with Gasteiger partial charge in [-0.05, 0) is 26.0 Å². The first-order valence-electron chi connectivity index (χ1n) is 8.44. The van der Waals surface area contributed by atoms with Crippen LogP contribution < -0.4 is 5.32 Å². The molecule has 1 aromatic heterocycles. The third-order valence-corrected chi connectivity index (χ3v) is 4.04. The molecule has 134 valence electrons. The monoisotopic (exact) mass is 336 g/mol. The minimum atomic E-state index is 0.0627. The lowest BCUT2D eigenvalue weighted by Crippen LogP contribution is -2.52. The van der Waals surface area contributed by atoms with E-state index >= 15 is 0 Å². The number of carbonyl (C=O) groups excluding carboxylic acids is 2. The molecule has 1 fully saturated rings. The van der Waals surface area contributed by atoms with Crippen molar-refractivity contribution in [3.8, 4) is 0 Å². The van der Waals surface area contributed by atoms with E-state index in [1.165, 1.54) is 0 Å². The predicted molar refractivity (Wildman–Crippen MR) is 91.3 cm³/mol. The normalized spacial score (nSPS) is 16.3. The van der Waals surface area contributed by atoms with Crippen molar-refractivity contribution in [2.45, 2.75) is 26.4 Å². The van der Waals surface area contributed by atoms with Gasteiger partial charge in [0.25, 0.3) is 0 Å². The van der Waals surface area contributed by atoms with Gasteiger partial charge < -0.3 is 14.6 Å². The van der Waals surface area contributed by atoms with Crippen molar-refractivity contribution < 1.29 is 14.0 Å². The SMILES string of the molecule is CC(C)NC(=O)CN1CCN(CC(=O)N(C)Cc2ccco2)CC1. The van der Waals surface area contributed by atoms with Crippen LogP contribution in [0.5, 0.6) is 0 Å². The summed E-state index contributed by atoms with van der Waals surface area (Å²) in [5.74, 6) is 0.928. The lowest BCUT2D eigenvalue weighted by atomic mass is 10.3. The van der Waals surface area contributed by atoms with Gasteiger partial charge in [-0.25, -0.2) is 0 Å². The fourth-order valence-electron chi connectivity index (χ4n) is 2.71. The van der Waals surface area contributed by atoms with Crippen LogP contribution in [0.4, 0.5) is 0 Å². The van der Waals surface area contributed by atoms with Crippen LogP contribution in [0.15, 0.2) is 22.8 Å². The number of rotatable bonds is 7. The highest BCUT2D eigenvalue weighted by atomic mass is 16.3. The Morgan fingerprint density at radius 2 is 1.83 bits per heavy atom. The number of likely N-dealkylation sites (N-methyl/N-ethyl adjacent to an activating group) is 1. The molecule has 0 aromatic carbocycles. The minimum absolute atomic E-state index is 0.0627. The molecule has 0 aliphatic carbocycles. The molecule has 0 saturated carbocycles. The first-order chi connectivity index (χ1) is 11.4. The molecule has 24 heavy (non-hydrogen) atoms. The molecule has 0 spiro atoms. The summed E-state index contributed by atoms with van der Waals surface area (Å²) < 4.78 is 5.27. The zero-order valence-corrected chi connectivity index (χ0v) is 14.8. The summed E-state index contributed by atoms with van der Waals surface area (Å²) in [5, 5.41) is 2.91. The standard InChI is InChI=1S/C17H28N4O3/c1-14(2)18-16(22)12-20-6-8-21(9-7-20)13-17(23)19(3)11-15-5-4-10-24-15/h4-5,10,14H,6-9,11-13H2,1-3H3,(H,18,22). The number of furan rings is 1. The topological polar surface area (TPSA) is 69.0 Å². The van der Waals surface area contributed by atoms with Crippen molar-refractivity contribution in [3.05, 3.63) is 24.2 Å². The van der Waals surface area contributed by atoms with Crippen molar-refractivity contribution >= 4 is 11.8 Å². The second-order valence-electron chi connectivity index (χ2n) is 6.60. The van der Waals surface area contributed by atoms with Gasteiger partial charge in [-0.3, -0.25) is 19.4 Å².